The van der Waals surface area contributed by atoms with Crippen molar-refractivity contribution in [3.63, 3.8) is 0 Å². The van der Waals surface area contributed by atoms with E-state index >= 15 is 0 Å². The van der Waals surface area contributed by atoms with Crippen molar-refractivity contribution in [2.24, 2.45) is 5.92 Å². The first-order valence-electron chi connectivity index (χ1n) is 16.0. The van der Waals surface area contributed by atoms with Gasteiger partial charge in [0.15, 0.2) is 11.5 Å². The van der Waals surface area contributed by atoms with Gasteiger partial charge in [-0.1, -0.05) is 96.3 Å². The van der Waals surface area contributed by atoms with Crippen molar-refractivity contribution in [2.45, 2.75) is 129 Å². The van der Waals surface area contributed by atoms with E-state index in [-0.39, 0.29) is 19.1 Å². The lowest BCUT2D eigenvalue weighted by molar-refractivity contribution is 0.0688. The number of ether oxygens (including phenoxy) is 2. The van der Waals surface area contributed by atoms with Crippen LogP contribution >= 0.6 is 7.60 Å². The summed E-state index contributed by atoms with van der Waals surface area (Å²) < 4.78 is 30.5. The predicted molar refractivity (Wildman–Crippen MR) is 164 cm³/mol. The largest absolute Gasteiger partial charge is 0.382 e. The van der Waals surface area contributed by atoms with Crippen LogP contribution in [-0.2, 0) is 25.1 Å². The Kier molecular flexibility index (Phi) is 16.2. The van der Waals surface area contributed by atoms with E-state index in [0.29, 0.717) is 36.6 Å². The molecule has 1 saturated carbocycles. The molecule has 10 nitrogen and oxygen atoms in total. The van der Waals surface area contributed by atoms with Crippen LogP contribution in [0.5, 0.6) is 0 Å². The molecule has 0 aliphatic heterocycles. The van der Waals surface area contributed by atoms with Gasteiger partial charge in [0, 0.05) is 13.2 Å². The van der Waals surface area contributed by atoms with Crippen molar-refractivity contribution >= 4 is 24.6 Å². The number of hydrogen-bond donors (Lipinski definition) is 2. The summed E-state index contributed by atoms with van der Waals surface area (Å²) in [4.78, 5) is 22.4. The Labute approximate surface area is 246 Å². The standard InChI is InChI=1S/C30H54N5O5P/c1-26(22-35-24-34-28-29(31)32-23-33-30(28)35)39-25-41(36,37)40-21-15-20-38-19-14-10-8-6-4-2-3-5-7-9-11-16-27-17-12-13-18-27/h23-24,26-27H,2-22,25H2,1H3,(H,36,37)(H2,31,32,33)/t26-/m1/s1. The molecular weight excluding hydrogens is 541 g/mol. The number of aromatic nitrogens is 4. The number of anilines is 1. The Hall–Kier alpha value is -1.58. The molecule has 3 N–H and O–H groups in total. The topological polar surface area (TPSA) is 135 Å². The third kappa shape index (κ3) is 14.0. The smallest absolute Gasteiger partial charge is 0.353 e. The summed E-state index contributed by atoms with van der Waals surface area (Å²) in [5.41, 5.74) is 6.93. The van der Waals surface area contributed by atoms with Crippen LogP contribution in [0.15, 0.2) is 12.7 Å². The molecule has 0 bridgehead atoms. The van der Waals surface area contributed by atoms with E-state index in [0.717, 1.165) is 18.9 Å². The first kappa shape index (κ1) is 33.9. The van der Waals surface area contributed by atoms with Gasteiger partial charge >= 0.3 is 7.60 Å². The normalized spacial score (nSPS) is 16.4. The second-order valence-electron chi connectivity index (χ2n) is 11.7. The van der Waals surface area contributed by atoms with Crippen LogP contribution in [0.3, 0.4) is 0 Å². The predicted octanol–water partition coefficient (Wildman–Crippen LogP) is 7.25. The summed E-state index contributed by atoms with van der Waals surface area (Å²) in [5.74, 6) is 1.37. The lowest BCUT2D eigenvalue weighted by Crippen LogP contribution is -2.17. The fourth-order valence-electron chi connectivity index (χ4n) is 5.62. The van der Waals surface area contributed by atoms with Gasteiger partial charge in [-0.25, -0.2) is 15.0 Å². The van der Waals surface area contributed by atoms with Crippen molar-refractivity contribution in [1.29, 1.82) is 0 Å². The van der Waals surface area contributed by atoms with Crippen LogP contribution in [0, 0.1) is 5.92 Å². The number of unbranched alkanes of at least 4 members (excludes halogenated alkanes) is 10. The quantitative estimate of drug-likeness (QED) is 0.0950. The van der Waals surface area contributed by atoms with E-state index in [4.69, 9.17) is 19.7 Å². The van der Waals surface area contributed by atoms with Gasteiger partial charge in [0.25, 0.3) is 0 Å². The molecule has 0 radical (unpaired) electrons. The zero-order valence-corrected chi connectivity index (χ0v) is 26.2. The van der Waals surface area contributed by atoms with Gasteiger partial charge in [0.2, 0.25) is 0 Å². The summed E-state index contributed by atoms with van der Waals surface area (Å²) in [5, 5.41) is 0. The van der Waals surface area contributed by atoms with Crippen molar-refractivity contribution in [3.05, 3.63) is 12.7 Å². The zero-order chi connectivity index (χ0) is 29.2. The average Bonchev–Trinajstić information content (AvgIpc) is 3.62. The highest BCUT2D eigenvalue weighted by Crippen LogP contribution is 2.42. The molecule has 2 atom stereocenters. The molecule has 0 spiro atoms. The third-order valence-corrected chi connectivity index (χ3v) is 9.07. The molecule has 41 heavy (non-hydrogen) atoms. The molecule has 2 aromatic heterocycles. The Bertz CT molecular complexity index is 1020. The van der Waals surface area contributed by atoms with E-state index in [2.05, 4.69) is 15.0 Å². The lowest BCUT2D eigenvalue weighted by atomic mass is 9.99. The fraction of sp³-hybridized carbons (Fsp3) is 0.833. The molecule has 0 amide bonds. The van der Waals surface area contributed by atoms with Gasteiger partial charge in [0.05, 0.1) is 25.6 Å². The molecule has 1 aliphatic rings. The molecule has 234 valence electrons. The van der Waals surface area contributed by atoms with Crippen molar-refractivity contribution in [1.82, 2.24) is 19.5 Å². The molecular formula is C30H54N5O5P. The Morgan fingerprint density at radius 1 is 0.927 bits per heavy atom. The highest BCUT2D eigenvalue weighted by Gasteiger charge is 2.21. The molecule has 2 heterocycles. The van der Waals surface area contributed by atoms with Crippen LogP contribution in [0.2, 0.25) is 0 Å². The second kappa shape index (κ2) is 19.6. The van der Waals surface area contributed by atoms with Gasteiger partial charge in [-0.2, -0.15) is 0 Å². The van der Waals surface area contributed by atoms with Crippen molar-refractivity contribution in [3.8, 4) is 0 Å². The van der Waals surface area contributed by atoms with Gasteiger partial charge in [-0.15, -0.1) is 0 Å². The number of nitrogens with zero attached hydrogens (tertiary/aromatic N) is 4. The van der Waals surface area contributed by atoms with Crippen LogP contribution < -0.4 is 5.73 Å². The average molecular weight is 596 g/mol. The van der Waals surface area contributed by atoms with E-state index in [1.165, 1.54) is 103 Å². The van der Waals surface area contributed by atoms with Gasteiger partial charge in [0.1, 0.15) is 18.2 Å². The van der Waals surface area contributed by atoms with Gasteiger partial charge in [-0.05, 0) is 25.7 Å². The fourth-order valence-corrected chi connectivity index (χ4v) is 6.55. The molecule has 0 saturated heterocycles. The van der Waals surface area contributed by atoms with Gasteiger partial charge < -0.3 is 29.2 Å². The molecule has 0 aromatic carbocycles. The summed E-state index contributed by atoms with van der Waals surface area (Å²) in [6, 6.07) is 0. The molecule has 3 rings (SSSR count). The second-order valence-corrected chi connectivity index (χ2v) is 13.5. The summed E-state index contributed by atoms with van der Waals surface area (Å²) >= 11 is 0. The zero-order valence-electron chi connectivity index (χ0n) is 25.3. The molecule has 11 heteroatoms. The number of nitrogens with two attached hydrogens (primary N) is 1. The molecule has 1 unspecified atom stereocenters. The summed E-state index contributed by atoms with van der Waals surface area (Å²) in [6.45, 7) is 3.63. The lowest BCUT2D eigenvalue weighted by Gasteiger charge is -2.17. The van der Waals surface area contributed by atoms with Crippen LogP contribution in [0.1, 0.15) is 116 Å². The maximum Gasteiger partial charge on any atom is 0.353 e. The van der Waals surface area contributed by atoms with E-state index in [1.807, 2.05) is 6.92 Å². The number of nitrogen functional groups attached to an aromatic ring is 1. The number of imidazole rings is 1. The van der Waals surface area contributed by atoms with Crippen LogP contribution in [0.4, 0.5) is 5.82 Å². The number of fused-ring (bicyclic) bond motifs is 1. The van der Waals surface area contributed by atoms with Gasteiger partial charge in [-0.3, -0.25) is 4.57 Å². The summed E-state index contributed by atoms with van der Waals surface area (Å²) in [7, 11) is -3.83. The molecule has 1 fully saturated rings. The SMILES string of the molecule is C[C@H](Cn1cnc2c(N)ncnc21)OCP(=O)(O)OCCCOCCCCCCCCCCCCCC1CCCC1. The minimum absolute atomic E-state index is 0.161. The monoisotopic (exact) mass is 595 g/mol. The minimum atomic E-state index is -3.83. The maximum absolute atomic E-state index is 12.3. The Balaban J connectivity index is 1.06. The Morgan fingerprint density at radius 3 is 2.27 bits per heavy atom. The van der Waals surface area contributed by atoms with Crippen molar-refractivity contribution < 1.29 is 23.5 Å². The third-order valence-electron chi connectivity index (χ3n) is 8.01. The van der Waals surface area contributed by atoms with Crippen LogP contribution in [0.25, 0.3) is 11.2 Å². The first-order valence-corrected chi connectivity index (χ1v) is 17.8. The molecule has 2 aromatic rings. The highest BCUT2D eigenvalue weighted by atomic mass is 31.2. The van der Waals surface area contributed by atoms with Crippen LogP contribution in [-0.4, -0.2) is 56.7 Å². The number of rotatable bonds is 24. The first-order chi connectivity index (χ1) is 19.9. The Morgan fingerprint density at radius 2 is 1.56 bits per heavy atom. The maximum atomic E-state index is 12.3. The summed E-state index contributed by atoms with van der Waals surface area (Å²) in [6.07, 6.45) is 25.0. The van der Waals surface area contributed by atoms with Crippen molar-refractivity contribution in [2.75, 3.05) is 31.9 Å². The number of hydrogen-bond acceptors (Lipinski definition) is 8. The van der Waals surface area contributed by atoms with E-state index in [9.17, 15) is 9.46 Å². The minimum Gasteiger partial charge on any atom is -0.382 e. The van der Waals surface area contributed by atoms with E-state index in [1.54, 1.807) is 10.9 Å². The van der Waals surface area contributed by atoms with E-state index < -0.39 is 7.60 Å². The highest BCUT2D eigenvalue weighted by molar-refractivity contribution is 7.52. The molecule has 1 aliphatic carbocycles.